The number of carbonyl (C=O) groups excluding carboxylic acids is 1. The van der Waals surface area contributed by atoms with Crippen LogP contribution in [-0.2, 0) is 9.53 Å². The van der Waals surface area contributed by atoms with Crippen molar-refractivity contribution in [3.8, 4) is 0 Å². The summed E-state index contributed by atoms with van der Waals surface area (Å²) in [6, 6.07) is 7.60. The lowest BCUT2D eigenvalue weighted by Gasteiger charge is -2.44. The van der Waals surface area contributed by atoms with Crippen LogP contribution in [0.1, 0.15) is 54.0 Å². The van der Waals surface area contributed by atoms with E-state index in [0.717, 1.165) is 10.8 Å². The van der Waals surface area contributed by atoms with Crippen LogP contribution in [0.15, 0.2) is 30.5 Å². The van der Waals surface area contributed by atoms with Crippen LogP contribution >= 0.6 is 0 Å². The van der Waals surface area contributed by atoms with E-state index in [1.54, 1.807) is 6.08 Å². The second-order valence-electron chi connectivity index (χ2n) is 8.10. The molecule has 0 aliphatic heterocycles. The van der Waals surface area contributed by atoms with Gasteiger partial charge in [0.05, 0.1) is 6.26 Å². The van der Waals surface area contributed by atoms with Crippen molar-refractivity contribution in [2.75, 3.05) is 6.61 Å². The third-order valence-electron chi connectivity index (χ3n) is 4.02. The van der Waals surface area contributed by atoms with Crippen molar-refractivity contribution in [2.24, 2.45) is 0 Å². The summed E-state index contributed by atoms with van der Waals surface area (Å²) in [5.74, 6) is -0.0198. The fourth-order valence-corrected chi connectivity index (χ4v) is 7.72. The maximum absolute atomic E-state index is 16.1. The Balaban J connectivity index is 3.04. The van der Waals surface area contributed by atoms with Crippen molar-refractivity contribution in [3.05, 3.63) is 36.1 Å². The van der Waals surface area contributed by atoms with E-state index in [4.69, 9.17) is 4.74 Å². The highest BCUT2D eigenvalue weighted by atomic mass is 28.4. The third kappa shape index (κ3) is 4.53. The molecule has 0 N–H and O–H groups in total. The standard InChI is InChI=1S/C19H29FO2Si/c1-15(21)14-22-13-12-16-8-10-17(11-9-16)23(20,18(2,3)4)19(5,6)7/h8-13H,14H2,1-7H3/b13-12+/i20-1. The first-order valence-corrected chi connectivity index (χ1v) is 9.84. The molecule has 0 amide bonds. The molecule has 0 atom stereocenters. The monoisotopic (exact) mass is 335 g/mol. The number of benzene rings is 1. The molecule has 0 saturated heterocycles. The molecule has 128 valence electrons. The molecule has 0 radical (unpaired) electrons. The second kappa shape index (κ2) is 6.99. The number of ether oxygens (including phenoxy) is 1. The average Bonchev–Trinajstić information content (AvgIpc) is 2.40. The van der Waals surface area contributed by atoms with Gasteiger partial charge >= 0.3 is 0 Å². The van der Waals surface area contributed by atoms with Gasteiger partial charge in [-0.25, -0.2) is 0 Å². The van der Waals surface area contributed by atoms with Crippen molar-refractivity contribution >= 4 is 25.5 Å². The third-order valence-corrected chi connectivity index (χ3v) is 9.28. The molecule has 0 aliphatic rings. The molecule has 0 bridgehead atoms. The van der Waals surface area contributed by atoms with Crippen LogP contribution in [0.3, 0.4) is 0 Å². The van der Waals surface area contributed by atoms with Gasteiger partial charge in [-0.15, -0.1) is 0 Å². The molecule has 0 aliphatic carbocycles. The lowest BCUT2D eigenvalue weighted by Crippen LogP contribution is -2.57. The first-order valence-electron chi connectivity index (χ1n) is 7.96. The maximum atomic E-state index is 16.1. The number of carbonyl (C=O) groups is 1. The Kier molecular flexibility index (Phi) is 5.97. The van der Waals surface area contributed by atoms with E-state index in [-0.39, 0.29) is 22.5 Å². The SMILES string of the molecule is CC(=O)CO/C=C/c1ccc([Si]([18F])(C(C)(C)C)C(C)(C)C)cc1. The topological polar surface area (TPSA) is 26.3 Å². The summed E-state index contributed by atoms with van der Waals surface area (Å²) in [6.45, 7) is 13.5. The zero-order valence-electron chi connectivity index (χ0n) is 15.4. The lowest BCUT2D eigenvalue weighted by atomic mass is 10.2. The summed E-state index contributed by atoms with van der Waals surface area (Å²) >= 11 is 0. The molecule has 0 saturated carbocycles. The fourth-order valence-electron chi connectivity index (χ4n) is 3.11. The number of rotatable bonds is 5. The van der Waals surface area contributed by atoms with Gasteiger partial charge in [-0.2, -0.15) is 0 Å². The first-order chi connectivity index (χ1) is 10.4. The Morgan fingerprint density at radius 2 is 1.57 bits per heavy atom. The van der Waals surface area contributed by atoms with Gasteiger partial charge in [0.25, 0.3) is 8.41 Å². The van der Waals surface area contributed by atoms with E-state index in [2.05, 4.69) is 0 Å². The van der Waals surface area contributed by atoms with Gasteiger partial charge in [0, 0.05) is 0 Å². The highest BCUT2D eigenvalue weighted by Crippen LogP contribution is 2.51. The van der Waals surface area contributed by atoms with Crippen molar-refractivity contribution < 1.29 is 13.6 Å². The fraction of sp³-hybridized carbons (Fsp3) is 0.526. The first kappa shape index (κ1) is 19.6. The van der Waals surface area contributed by atoms with Gasteiger partial charge in [0.15, 0.2) is 5.78 Å². The zero-order chi connectivity index (χ0) is 17.9. The van der Waals surface area contributed by atoms with E-state index in [1.165, 1.54) is 13.2 Å². The maximum Gasteiger partial charge on any atom is 0.288 e. The van der Waals surface area contributed by atoms with Crippen LogP contribution < -0.4 is 5.19 Å². The molecular formula is C19H29FO2Si. The molecular weight excluding hydrogens is 306 g/mol. The van der Waals surface area contributed by atoms with Crippen molar-refractivity contribution in [1.82, 2.24) is 0 Å². The minimum absolute atomic E-state index is 0.0198. The quantitative estimate of drug-likeness (QED) is 0.431. The van der Waals surface area contributed by atoms with Gasteiger partial charge in [0.1, 0.15) is 6.61 Å². The van der Waals surface area contributed by atoms with Gasteiger partial charge in [-0.1, -0.05) is 65.8 Å². The smallest absolute Gasteiger partial charge is 0.288 e. The van der Waals surface area contributed by atoms with E-state index < -0.39 is 8.41 Å². The number of hydrogen-bond acceptors (Lipinski definition) is 2. The van der Waals surface area contributed by atoms with E-state index >= 15 is 4.11 Å². The van der Waals surface area contributed by atoms with Gasteiger partial charge in [-0.05, 0) is 33.8 Å². The Bertz CT molecular complexity index is 549. The number of Topliss-reactive ketones (excluding diaryl/α,β-unsaturated/α-hetero) is 1. The van der Waals surface area contributed by atoms with Crippen molar-refractivity contribution in [2.45, 2.75) is 58.5 Å². The average molecular weight is 336 g/mol. The summed E-state index contributed by atoms with van der Waals surface area (Å²) in [5, 5.41) is 0.0553. The molecule has 0 heterocycles. The van der Waals surface area contributed by atoms with E-state index in [9.17, 15) is 4.79 Å². The Hall–Kier alpha value is -1.42. The summed E-state index contributed by atoms with van der Waals surface area (Å²) in [6.07, 6.45) is 3.28. The summed E-state index contributed by atoms with van der Waals surface area (Å²) < 4.78 is 21.2. The Morgan fingerprint density at radius 3 is 1.96 bits per heavy atom. The Morgan fingerprint density at radius 1 is 1.09 bits per heavy atom. The molecule has 1 aromatic carbocycles. The van der Waals surface area contributed by atoms with E-state index in [1.807, 2.05) is 65.8 Å². The molecule has 1 rings (SSSR count). The predicted molar refractivity (Wildman–Crippen MR) is 98.0 cm³/mol. The highest BCUT2D eigenvalue weighted by Gasteiger charge is 2.56. The minimum atomic E-state index is -3.20. The second-order valence-corrected chi connectivity index (χ2v) is 13.0. The lowest BCUT2D eigenvalue weighted by molar-refractivity contribution is -0.119. The minimum Gasteiger partial charge on any atom is -0.493 e. The molecule has 4 heteroatoms. The van der Waals surface area contributed by atoms with Gasteiger partial charge in [-0.3, -0.25) is 4.79 Å². The van der Waals surface area contributed by atoms with Crippen LogP contribution in [0.2, 0.25) is 10.1 Å². The molecule has 0 fully saturated rings. The number of halogens is 1. The molecule has 0 spiro atoms. The normalized spacial score (nSPS) is 13.4. The van der Waals surface area contributed by atoms with Crippen molar-refractivity contribution in [1.29, 1.82) is 0 Å². The zero-order valence-corrected chi connectivity index (χ0v) is 16.4. The summed E-state index contributed by atoms with van der Waals surface area (Å²) in [4.78, 5) is 10.8. The molecule has 0 unspecified atom stereocenters. The van der Waals surface area contributed by atoms with Crippen LogP contribution in [0.4, 0.5) is 4.11 Å². The van der Waals surface area contributed by atoms with Crippen LogP contribution in [0.5, 0.6) is 0 Å². The van der Waals surface area contributed by atoms with Crippen LogP contribution in [-0.4, -0.2) is 20.8 Å². The highest BCUT2D eigenvalue weighted by molar-refractivity contribution is 6.90. The van der Waals surface area contributed by atoms with Gasteiger partial charge < -0.3 is 8.84 Å². The molecule has 0 aromatic heterocycles. The largest absolute Gasteiger partial charge is 0.493 e. The Labute approximate surface area is 140 Å². The predicted octanol–water partition coefficient (Wildman–Crippen LogP) is 4.99. The number of ketones is 1. The van der Waals surface area contributed by atoms with E-state index in [0.29, 0.717) is 0 Å². The van der Waals surface area contributed by atoms with Gasteiger partial charge in [0.2, 0.25) is 0 Å². The van der Waals surface area contributed by atoms with Crippen LogP contribution in [0, 0.1) is 0 Å². The van der Waals surface area contributed by atoms with Crippen LogP contribution in [0.25, 0.3) is 6.08 Å². The molecule has 1 aromatic rings. The van der Waals surface area contributed by atoms with Crippen molar-refractivity contribution in [3.63, 3.8) is 0 Å². The molecule has 2 nitrogen and oxygen atoms in total. The molecule has 23 heavy (non-hydrogen) atoms. The number of hydrogen-bond donors (Lipinski definition) is 0. The summed E-state index contributed by atoms with van der Waals surface area (Å²) in [5.41, 5.74) is 0.927. The summed E-state index contributed by atoms with van der Waals surface area (Å²) in [7, 11) is -3.20.